The second kappa shape index (κ2) is 7.79. The molecule has 0 fully saturated rings. The van der Waals surface area contributed by atoms with Crippen molar-refractivity contribution in [2.24, 2.45) is 0 Å². The second-order valence-corrected chi connectivity index (χ2v) is 5.93. The van der Waals surface area contributed by atoms with E-state index in [4.69, 9.17) is 4.74 Å². The number of aryl methyl sites for hydroxylation is 1. The maximum atomic E-state index is 12.7. The van der Waals surface area contributed by atoms with Crippen molar-refractivity contribution in [1.82, 2.24) is 14.7 Å². The average molecular weight is 393 g/mol. The minimum atomic E-state index is -4.74. The third-order valence-corrected chi connectivity index (χ3v) is 4.07. The van der Waals surface area contributed by atoms with E-state index < -0.39 is 6.36 Å². The van der Waals surface area contributed by atoms with Crippen molar-refractivity contribution in [3.63, 3.8) is 0 Å². The van der Waals surface area contributed by atoms with Gasteiger partial charge >= 0.3 is 6.36 Å². The molecular weight excluding hydrogens is 375 g/mol. The molecule has 2 aromatic heterocycles. The van der Waals surface area contributed by atoms with E-state index >= 15 is 0 Å². The quantitative estimate of drug-likeness (QED) is 0.693. The summed E-state index contributed by atoms with van der Waals surface area (Å²) in [6.45, 7) is 2.05. The number of imidazole rings is 1. The SMILES string of the molecule is CCc1nc2cc(OC)ccn2c1C(=O)NCc1ccc(OC(F)(F)F)cc1. The summed E-state index contributed by atoms with van der Waals surface area (Å²) in [6, 6.07) is 8.78. The van der Waals surface area contributed by atoms with Crippen molar-refractivity contribution in [1.29, 1.82) is 0 Å². The Labute approximate surface area is 158 Å². The van der Waals surface area contributed by atoms with Crippen LogP contribution in [0, 0.1) is 0 Å². The zero-order valence-electron chi connectivity index (χ0n) is 15.2. The maximum absolute atomic E-state index is 12.7. The molecule has 0 spiro atoms. The van der Waals surface area contributed by atoms with E-state index in [0.717, 1.165) is 0 Å². The Morgan fingerprint density at radius 2 is 1.89 bits per heavy atom. The van der Waals surface area contributed by atoms with Crippen molar-refractivity contribution in [2.45, 2.75) is 26.3 Å². The highest BCUT2D eigenvalue weighted by molar-refractivity contribution is 5.94. The minimum Gasteiger partial charge on any atom is -0.497 e. The molecule has 0 saturated carbocycles. The van der Waals surface area contributed by atoms with Gasteiger partial charge in [0.15, 0.2) is 0 Å². The van der Waals surface area contributed by atoms with E-state index in [-0.39, 0.29) is 18.2 Å². The summed E-state index contributed by atoms with van der Waals surface area (Å²) in [5.74, 6) is -0.00927. The first-order chi connectivity index (χ1) is 13.3. The number of fused-ring (bicyclic) bond motifs is 1. The number of carbonyl (C=O) groups excluding carboxylic acids is 1. The first-order valence-electron chi connectivity index (χ1n) is 8.48. The molecule has 0 unspecified atom stereocenters. The number of pyridine rings is 1. The van der Waals surface area contributed by atoms with Gasteiger partial charge in [-0.3, -0.25) is 9.20 Å². The normalized spacial score (nSPS) is 11.5. The van der Waals surface area contributed by atoms with Crippen LogP contribution in [0.1, 0.15) is 28.7 Å². The molecule has 0 atom stereocenters. The van der Waals surface area contributed by atoms with Crippen molar-refractivity contribution >= 4 is 11.6 Å². The molecule has 148 valence electrons. The van der Waals surface area contributed by atoms with Crippen LogP contribution in [-0.2, 0) is 13.0 Å². The molecule has 0 bridgehead atoms. The maximum Gasteiger partial charge on any atom is 0.573 e. The number of ether oxygens (including phenoxy) is 2. The van der Waals surface area contributed by atoms with Crippen LogP contribution >= 0.6 is 0 Å². The van der Waals surface area contributed by atoms with Crippen molar-refractivity contribution < 1.29 is 27.4 Å². The fraction of sp³-hybridized carbons (Fsp3) is 0.263. The van der Waals surface area contributed by atoms with E-state index in [1.165, 1.54) is 24.3 Å². The molecule has 1 aromatic carbocycles. The lowest BCUT2D eigenvalue weighted by atomic mass is 10.2. The van der Waals surface area contributed by atoms with Gasteiger partial charge in [-0.25, -0.2) is 4.98 Å². The molecule has 1 amide bonds. The van der Waals surface area contributed by atoms with Crippen LogP contribution in [0.15, 0.2) is 42.6 Å². The number of hydrogen-bond donors (Lipinski definition) is 1. The molecule has 2 heterocycles. The largest absolute Gasteiger partial charge is 0.573 e. The molecule has 6 nitrogen and oxygen atoms in total. The lowest BCUT2D eigenvalue weighted by Crippen LogP contribution is -2.25. The Morgan fingerprint density at radius 1 is 1.18 bits per heavy atom. The first kappa shape index (κ1) is 19.5. The zero-order chi connectivity index (χ0) is 20.3. The second-order valence-electron chi connectivity index (χ2n) is 5.93. The molecule has 0 radical (unpaired) electrons. The number of alkyl halides is 3. The fourth-order valence-electron chi connectivity index (χ4n) is 2.76. The van der Waals surface area contributed by atoms with Crippen LogP contribution in [-0.4, -0.2) is 28.8 Å². The molecule has 0 aliphatic heterocycles. The standard InChI is InChI=1S/C19H18F3N3O3/c1-3-15-17(25-9-8-14(27-2)10-16(25)24-15)18(26)23-11-12-4-6-13(7-5-12)28-19(20,21)22/h4-10H,3,11H2,1-2H3,(H,23,26). The fourth-order valence-corrected chi connectivity index (χ4v) is 2.76. The highest BCUT2D eigenvalue weighted by atomic mass is 19.4. The van der Waals surface area contributed by atoms with Crippen LogP contribution in [0.5, 0.6) is 11.5 Å². The van der Waals surface area contributed by atoms with Gasteiger partial charge in [-0.15, -0.1) is 13.2 Å². The van der Waals surface area contributed by atoms with Crippen LogP contribution in [0.2, 0.25) is 0 Å². The Kier molecular flexibility index (Phi) is 5.43. The number of hydrogen-bond acceptors (Lipinski definition) is 4. The molecule has 28 heavy (non-hydrogen) atoms. The van der Waals surface area contributed by atoms with Gasteiger partial charge in [-0.2, -0.15) is 0 Å². The van der Waals surface area contributed by atoms with Gasteiger partial charge in [0.05, 0.1) is 12.8 Å². The van der Waals surface area contributed by atoms with Gasteiger partial charge < -0.3 is 14.8 Å². The Bertz CT molecular complexity index is 982. The molecule has 9 heteroatoms. The smallest absolute Gasteiger partial charge is 0.497 e. The number of nitrogens with zero attached hydrogens (tertiary/aromatic N) is 2. The number of amides is 1. The minimum absolute atomic E-state index is 0.150. The summed E-state index contributed by atoms with van der Waals surface area (Å²) in [5.41, 5.74) is 2.28. The Morgan fingerprint density at radius 3 is 2.50 bits per heavy atom. The van der Waals surface area contributed by atoms with Gasteiger partial charge in [-0.1, -0.05) is 19.1 Å². The monoisotopic (exact) mass is 393 g/mol. The summed E-state index contributed by atoms with van der Waals surface area (Å²) >= 11 is 0. The number of carbonyl (C=O) groups is 1. The molecule has 3 aromatic rings. The van der Waals surface area contributed by atoms with Crippen molar-refractivity contribution in [2.75, 3.05) is 7.11 Å². The summed E-state index contributed by atoms with van der Waals surface area (Å²) < 4.78 is 47.3. The summed E-state index contributed by atoms with van der Waals surface area (Å²) in [7, 11) is 1.55. The van der Waals surface area contributed by atoms with Crippen LogP contribution in [0.25, 0.3) is 5.65 Å². The van der Waals surface area contributed by atoms with Crippen LogP contribution in [0.4, 0.5) is 13.2 Å². The highest BCUT2D eigenvalue weighted by Gasteiger charge is 2.31. The summed E-state index contributed by atoms with van der Waals surface area (Å²) in [6.07, 6.45) is -2.47. The Hall–Kier alpha value is -3.23. The van der Waals surface area contributed by atoms with Crippen LogP contribution in [0.3, 0.4) is 0 Å². The molecule has 0 saturated heterocycles. The van der Waals surface area contributed by atoms with Gasteiger partial charge in [0.25, 0.3) is 5.91 Å². The molecular formula is C19H18F3N3O3. The molecule has 0 aliphatic rings. The number of methoxy groups -OCH3 is 1. The Balaban J connectivity index is 1.74. The van der Waals surface area contributed by atoms with E-state index in [1.807, 2.05) is 6.92 Å². The first-order valence-corrected chi connectivity index (χ1v) is 8.48. The molecule has 0 aliphatic carbocycles. The highest BCUT2D eigenvalue weighted by Crippen LogP contribution is 2.23. The van der Waals surface area contributed by atoms with Crippen molar-refractivity contribution in [3.05, 3.63) is 59.5 Å². The molecule has 3 rings (SSSR count). The summed E-state index contributed by atoms with van der Waals surface area (Å²) in [5, 5.41) is 2.77. The predicted octanol–water partition coefficient (Wildman–Crippen LogP) is 3.73. The average Bonchev–Trinajstić information content (AvgIpc) is 3.03. The number of rotatable bonds is 6. The number of aromatic nitrogens is 2. The molecule has 1 N–H and O–H groups in total. The lowest BCUT2D eigenvalue weighted by Gasteiger charge is -2.10. The zero-order valence-corrected chi connectivity index (χ0v) is 15.2. The van der Waals surface area contributed by atoms with E-state index in [0.29, 0.717) is 34.8 Å². The van der Waals surface area contributed by atoms with Gasteiger partial charge in [-0.05, 0) is 30.2 Å². The van der Waals surface area contributed by atoms with Gasteiger partial charge in [0.2, 0.25) is 0 Å². The number of benzene rings is 1. The summed E-state index contributed by atoms with van der Waals surface area (Å²) in [4.78, 5) is 17.2. The topological polar surface area (TPSA) is 64.9 Å². The van der Waals surface area contributed by atoms with Gasteiger partial charge in [0.1, 0.15) is 22.8 Å². The van der Waals surface area contributed by atoms with Crippen LogP contribution < -0.4 is 14.8 Å². The van der Waals surface area contributed by atoms with E-state index in [2.05, 4.69) is 15.0 Å². The van der Waals surface area contributed by atoms with Crippen molar-refractivity contribution in [3.8, 4) is 11.5 Å². The third-order valence-electron chi connectivity index (χ3n) is 4.07. The van der Waals surface area contributed by atoms with Gasteiger partial charge in [0, 0.05) is 18.8 Å². The predicted molar refractivity (Wildman–Crippen MR) is 95.4 cm³/mol. The number of halogens is 3. The number of nitrogens with one attached hydrogen (secondary N) is 1. The van der Waals surface area contributed by atoms with E-state index in [1.54, 1.807) is 29.8 Å². The lowest BCUT2D eigenvalue weighted by molar-refractivity contribution is -0.274. The third kappa shape index (κ3) is 4.36. The van der Waals surface area contributed by atoms with E-state index in [9.17, 15) is 18.0 Å².